The van der Waals surface area contributed by atoms with Crippen molar-refractivity contribution in [3.05, 3.63) is 18.2 Å². The molecule has 4 rings (SSSR count). The summed E-state index contributed by atoms with van der Waals surface area (Å²) in [6, 6.07) is 6.46. The van der Waals surface area contributed by atoms with Crippen LogP contribution in [-0.2, 0) is 0 Å². The molecule has 1 N–H and O–H groups in total. The van der Waals surface area contributed by atoms with Crippen LogP contribution in [0.3, 0.4) is 0 Å². The zero-order valence-electron chi connectivity index (χ0n) is 15.2. The Labute approximate surface area is 158 Å². The van der Waals surface area contributed by atoms with E-state index in [2.05, 4.69) is 15.2 Å². The number of benzene rings is 1. The SMILES string of the molecule is COc1ccc2nc(NC(=O)N3CCCN(C4CCCC4)CC3)sc2c1. The lowest BCUT2D eigenvalue weighted by molar-refractivity contribution is 0.195. The van der Waals surface area contributed by atoms with Crippen LogP contribution in [0.25, 0.3) is 10.2 Å². The van der Waals surface area contributed by atoms with Gasteiger partial charge in [-0.1, -0.05) is 24.2 Å². The summed E-state index contributed by atoms with van der Waals surface area (Å²) in [6.07, 6.45) is 6.39. The highest BCUT2D eigenvalue weighted by Gasteiger charge is 2.26. The van der Waals surface area contributed by atoms with Crippen molar-refractivity contribution in [2.45, 2.75) is 38.1 Å². The molecule has 1 saturated carbocycles. The average Bonchev–Trinajstić information content (AvgIpc) is 3.25. The molecule has 2 aromatic rings. The third kappa shape index (κ3) is 3.78. The van der Waals surface area contributed by atoms with E-state index in [4.69, 9.17) is 4.74 Å². The molecule has 0 bridgehead atoms. The number of ether oxygens (including phenoxy) is 1. The van der Waals surface area contributed by atoms with E-state index in [-0.39, 0.29) is 6.03 Å². The quantitative estimate of drug-likeness (QED) is 0.888. The largest absolute Gasteiger partial charge is 0.497 e. The minimum atomic E-state index is -0.0377. The molecule has 140 valence electrons. The maximum Gasteiger partial charge on any atom is 0.323 e. The molecule has 6 nitrogen and oxygen atoms in total. The van der Waals surface area contributed by atoms with Crippen LogP contribution in [0.1, 0.15) is 32.1 Å². The molecule has 2 heterocycles. The lowest BCUT2D eigenvalue weighted by Crippen LogP contribution is -2.40. The van der Waals surface area contributed by atoms with Gasteiger partial charge in [0.15, 0.2) is 5.13 Å². The molecular weight excluding hydrogens is 348 g/mol. The summed E-state index contributed by atoms with van der Waals surface area (Å²) < 4.78 is 6.27. The van der Waals surface area contributed by atoms with E-state index in [1.165, 1.54) is 37.0 Å². The predicted molar refractivity (Wildman–Crippen MR) is 105 cm³/mol. The van der Waals surface area contributed by atoms with Crippen LogP contribution < -0.4 is 10.1 Å². The third-order valence-electron chi connectivity index (χ3n) is 5.47. The summed E-state index contributed by atoms with van der Waals surface area (Å²) in [5, 5.41) is 3.63. The van der Waals surface area contributed by atoms with Gasteiger partial charge in [-0.05, 0) is 37.5 Å². The second-order valence-electron chi connectivity index (χ2n) is 7.10. The third-order valence-corrected chi connectivity index (χ3v) is 6.40. The Bertz CT molecular complexity index is 772. The minimum absolute atomic E-state index is 0.0377. The molecule has 2 fully saturated rings. The van der Waals surface area contributed by atoms with Crippen molar-refractivity contribution >= 4 is 32.7 Å². The first-order valence-electron chi connectivity index (χ1n) is 9.47. The van der Waals surface area contributed by atoms with E-state index in [0.29, 0.717) is 5.13 Å². The Morgan fingerprint density at radius 2 is 2.04 bits per heavy atom. The Hall–Kier alpha value is -1.86. The monoisotopic (exact) mass is 374 g/mol. The van der Waals surface area contributed by atoms with Crippen LogP contribution in [0, 0.1) is 0 Å². The molecule has 1 aromatic heterocycles. The number of carbonyl (C=O) groups is 1. The Balaban J connectivity index is 1.38. The number of fused-ring (bicyclic) bond motifs is 1. The van der Waals surface area contributed by atoms with Crippen molar-refractivity contribution in [1.29, 1.82) is 0 Å². The van der Waals surface area contributed by atoms with E-state index in [1.807, 2.05) is 23.1 Å². The van der Waals surface area contributed by atoms with Gasteiger partial charge in [0.05, 0.1) is 17.3 Å². The number of amides is 2. The topological polar surface area (TPSA) is 57.7 Å². The number of rotatable bonds is 3. The van der Waals surface area contributed by atoms with E-state index in [0.717, 1.165) is 54.6 Å². The van der Waals surface area contributed by atoms with Crippen molar-refractivity contribution in [1.82, 2.24) is 14.8 Å². The summed E-state index contributed by atoms with van der Waals surface area (Å²) in [6.45, 7) is 3.69. The van der Waals surface area contributed by atoms with Gasteiger partial charge in [-0.15, -0.1) is 0 Å². The molecule has 1 saturated heterocycles. The standard InChI is InChI=1S/C19H26N4O2S/c1-25-15-7-8-16-17(13-15)26-18(20-16)21-19(24)23-10-4-9-22(11-12-23)14-5-2-3-6-14/h7-8,13-14H,2-6,9-12H2,1H3,(H,20,21,24). The Kier molecular flexibility index (Phi) is 5.26. The average molecular weight is 375 g/mol. The maximum atomic E-state index is 12.7. The normalized spacial score (nSPS) is 19.7. The van der Waals surface area contributed by atoms with Crippen LogP contribution in [0.4, 0.5) is 9.93 Å². The fraction of sp³-hybridized carbons (Fsp3) is 0.579. The molecule has 0 atom stereocenters. The lowest BCUT2D eigenvalue weighted by atomic mass is 10.2. The van der Waals surface area contributed by atoms with Gasteiger partial charge in [0.1, 0.15) is 5.75 Å². The Morgan fingerprint density at radius 3 is 2.85 bits per heavy atom. The molecule has 1 aliphatic heterocycles. The van der Waals surface area contributed by atoms with Gasteiger partial charge in [0.2, 0.25) is 0 Å². The van der Waals surface area contributed by atoms with Gasteiger partial charge in [-0.25, -0.2) is 9.78 Å². The van der Waals surface area contributed by atoms with Crippen molar-refractivity contribution in [3.63, 3.8) is 0 Å². The molecule has 0 spiro atoms. The Morgan fingerprint density at radius 1 is 1.19 bits per heavy atom. The van der Waals surface area contributed by atoms with Crippen LogP contribution in [0.15, 0.2) is 18.2 Å². The van der Waals surface area contributed by atoms with Gasteiger partial charge < -0.3 is 9.64 Å². The first-order chi connectivity index (χ1) is 12.7. The summed E-state index contributed by atoms with van der Waals surface area (Å²) in [4.78, 5) is 21.7. The molecule has 0 unspecified atom stereocenters. The number of aromatic nitrogens is 1. The number of hydrogen-bond donors (Lipinski definition) is 1. The van der Waals surface area contributed by atoms with Crippen molar-refractivity contribution in [2.24, 2.45) is 0 Å². The summed E-state index contributed by atoms with van der Waals surface area (Å²) in [5.41, 5.74) is 0.884. The van der Waals surface area contributed by atoms with Crippen LogP contribution in [-0.4, -0.2) is 60.1 Å². The van der Waals surface area contributed by atoms with Gasteiger partial charge in [-0.2, -0.15) is 0 Å². The van der Waals surface area contributed by atoms with Crippen LogP contribution in [0.2, 0.25) is 0 Å². The smallest absolute Gasteiger partial charge is 0.323 e. The highest BCUT2D eigenvalue weighted by atomic mass is 32.1. The number of carbonyl (C=O) groups excluding carboxylic acids is 1. The zero-order valence-corrected chi connectivity index (χ0v) is 16.1. The minimum Gasteiger partial charge on any atom is -0.497 e. The number of nitrogens with zero attached hydrogens (tertiary/aromatic N) is 3. The number of anilines is 1. The fourth-order valence-electron chi connectivity index (χ4n) is 4.03. The number of nitrogens with one attached hydrogen (secondary N) is 1. The summed E-state index contributed by atoms with van der Waals surface area (Å²) in [5.74, 6) is 0.804. The van der Waals surface area contributed by atoms with Crippen molar-refractivity contribution < 1.29 is 9.53 Å². The zero-order chi connectivity index (χ0) is 17.9. The second-order valence-corrected chi connectivity index (χ2v) is 8.13. The van der Waals surface area contributed by atoms with E-state index < -0.39 is 0 Å². The second kappa shape index (κ2) is 7.80. The van der Waals surface area contributed by atoms with Gasteiger partial charge in [0.25, 0.3) is 0 Å². The number of methoxy groups -OCH3 is 1. The fourth-order valence-corrected chi connectivity index (χ4v) is 4.91. The predicted octanol–water partition coefficient (Wildman–Crippen LogP) is 3.79. The molecule has 1 aromatic carbocycles. The first-order valence-corrected chi connectivity index (χ1v) is 10.3. The summed E-state index contributed by atoms with van der Waals surface area (Å²) in [7, 11) is 1.65. The molecule has 26 heavy (non-hydrogen) atoms. The molecular formula is C19H26N4O2S. The van der Waals surface area contributed by atoms with E-state index >= 15 is 0 Å². The number of urea groups is 1. The van der Waals surface area contributed by atoms with Gasteiger partial charge in [0, 0.05) is 32.2 Å². The van der Waals surface area contributed by atoms with Crippen LogP contribution >= 0.6 is 11.3 Å². The van der Waals surface area contributed by atoms with Crippen LogP contribution in [0.5, 0.6) is 5.75 Å². The van der Waals surface area contributed by atoms with Crippen molar-refractivity contribution in [3.8, 4) is 5.75 Å². The molecule has 2 aliphatic rings. The highest BCUT2D eigenvalue weighted by Crippen LogP contribution is 2.29. The van der Waals surface area contributed by atoms with Crippen molar-refractivity contribution in [2.75, 3.05) is 38.6 Å². The molecule has 2 amide bonds. The lowest BCUT2D eigenvalue weighted by Gasteiger charge is -2.27. The number of hydrogen-bond acceptors (Lipinski definition) is 5. The van der Waals surface area contributed by atoms with Gasteiger partial charge >= 0.3 is 6.03 Å². The first kappa shape index (κ1) is 17.5. The molecule has 7 heteroatoms. The highest BCUT2D eigenvalue weighted by molar-refractivity contribution is 7.22. The number of thiazole rings is 1. The van der Waals surface area contributed by atoms with E-state index in [1.54, 1.807) is 7.11 Å². The van der Waals surface area contributed by atoms with Gasteiger partial charge in [-0.3, -0.25) is 10.2 Å². The molecule has 0 radical (unpaired) electrons. The van der Waals surface area contributed by atoms with E-state index in [9.17, 15) is 4.79 Å². The summed E-state index contributed by atoms with van der Waals surface area (Å²) >= 11 is 1.49. The molecule has 1 aliphatic carbocycles. The maximum absolute atomic E-state index is 12.7.